The summed E-state index contributed by atoms with van der Waals surface area (Å²) in [6.07, 6.45) is 0. The molecule has 2 N–H and O–H groups in total. The highest BCUT2D eigenvalue weighted by atomic mass is 79.9. The number of nitrogens with zero attached hydrogens (tertiary/aromatic N) is 4. The number of hydrogen-bond acceptors (Lipinski definition) is 6. The van der Waals surface area contributed by atoms with Crippen LogP contribution in [-0.2, 0) is 0 Å². The Kier molecular flexibility index (Phi) is 4.33. The van der Waals surface area contributed by atoms with Crippen molar-refractivity contribution in [2.75, 3.05) is 36.7 Å². The molecule has 8 heteroatoms. The third-order valence-electron chi connectivity index (χ3n) is 2.42. The molecule has 0 spiro atoms. The number of rotatable bonds is 4. The average molecular weight is 341 g/mol. The highest BCUT2D eigenvalue weighted by molar-refractivity contribution is 9.10. The Bertz CT molecular complexity index is 619. The molecule has 2 aromatic rings. The van der Waals surface area contributed by atoms with Gasteiger partial charge in [0, 0.05) is 25.6 Å². The Morgan fingerprint density at radius 3 is 2.45 bits per heavy atom. The zero-order chi connectivity index (χ0) is 14.7. The van der Waals surface area contributed by atoms with E-state index in [9.17, 15) is 4.39 Å². The Labute approximate surface area is 124 Å². The Morgan fingerprint density at radius 1 is 1.15 bits per heavy atom. The van der Waals surface area contributed by atoms with Gasteiger partial charge in [-0.25, -0.2) is 4.39 Å². The average Bonchev–Trinajstić information content (AvgIpc) is 2.41. The summed E-state index contributed by atoms with van der Waals surface area (Å²) in [5, 5.41) is 5.69. The van der Waals surface area contributed by atoms with Gasteiger partial charge in [-0.1, -0.05) is 15.9 Å². The van der Waals surface area contributed by atoms with Crippen LogP contribution >= 0.6 is 15.9 Å². The lowest BCUT2D eigenvalue weighted by atomic mass is 10.3. The molecule has 0 aliphatic rings. The standard InChI is InChI=1S/C12H14BrFN6/c1-15-10-17-11(19-12(18-10)20(2)3)16-9-5-4-7(13)6-8(9)14/h4-6H,1-3H3,(H2,15,16,17,18,19). The third kappa shape index (κ3) is 3.32. The zero-order valence-electron chi connectivity index (χ0n) is 11.3. The van der Waals surface area contributed by atoms with Gasteiger partial charge in [-0.2, -0.15) is 15.0 Å². The molecule has 0 saturated heterocycles. The van der Waals surface area contributed by atoms with Crippen LogP contribution in [0.25, 0.3) is 0 Å². The molecule has 0 aliphatic heterocycles. The first-order chi connectivity index (χ1) is 9.49. The summed E-state index contributed by atoms with van der Waals surface area (Å²) >= 11 is 3.21. The molecule has 20 heavy (non-hydrogen) atoms. The maximum Gasteiger partial charge on any atom is 0.233 e. The van der Waals surface area contributed by atoms with Crippen molar-refractivity contribution in [2.45, 2.75) is 0 Å². The molecule has 0 atom stereocenters. The number of aromatic nitrogens is 3. The van der Waals surface area contributed by atoms with E-state index in [0.29, 0.717) is 22.1 Å². The molecular formula is C12H14BrFN6. The predicted octanol–water partition coefficient (Wildman–Crippen LogP) is 2.62. The minimum atomic E-state index is -0.391. The van der Waals surface area contributed by atoms with Crippen molar-refractivity contribution in [3.8, 4) is 0 Å². The molecule has 1 aromatic heterocycles. The molecule has 0 aliphatic carbocycles. The molecule has 0 unspecified atom stereocenters. The van der Waals surface area contributed by atoms with Gasteiger partial charge in [0.15, 0.2) is 0 Å². The summed E-state index contributed by atoms with van der Waals surface area (Å²) in [5.74, 6) is 0.763. The maximum atomic E-state index is 13.8. The van der Waals surface area contributed by atoms with E-state index in [2.05, 4.69) is 41.5 Å². The van der Waals surface area contributed by atoms with E-state index < -0.39 is 5.82 Å². The quantitative estimate of drug-likeness (QED) is 0.891. The topological polar surface area (TPSA) is 66.0 Å². The molecule has 1 heterocycles. The van der Waals surface area contributed by atoms with E-state index in [1.54, 1.807) is 24.1 Å². The maximum absolute atomic E-state index is 13.8. The zero-order valence-corrected chi connectivity index (χ0v) is 12.9. The lowest BCUT2D eigenvalue weighted by molar-refractivity contribution is 0.630. The smallest absolute Gasteiger partial charge is 0.233 e. The number of halogens is 2. The summed E-state index contributed by atoms with van der Waals surface area (Å²) in [6, 6.07) is 4.71. The molecule has 0 radical (unpaired) electrons. The van der Waals surface area contributed by atoms with Gasteiger partial charge in [-0.3, -0.25) is 0 Å². The minimum absolute atomic E-state index is 0.272. The van der Waals surface area contributed by atoms with Crippen molar-refractivity contribution >= 4 is 39.5 Å². The van der Waals surface area contributed by atoms with Gasteiger partial charge in [0.25, 0.3) is 0 Å². The summed E-state index contributed by atoms with van der Waals surface area (Å²) < 4.78 is 14.5. The molecular weight excluding hydrogens is 327 g/mol. The van der Waals surface area contributed by atoms with Gasteiger partial charge in [0.05, 0.1) is 5.69 Å². The van der Waals surface area contributed by atoms with E-state index >= 15 is 0 Å². The highest BCUT2D eigenvalue weighted by Crippen LogP contribution is 2.22. The lowest BCUT2D eigenvalue weighted by Crippen LogP contribution is -2.15. The van der Waals surface area contributed by atoms with Gasteiger partial charge in [0.1, 0.15) is 5.82 Å². The molecule has 0 saturated carbocycles. The normalized spacial score (nSPS) is 10.2. The fraction of sp³-hybridized carbons (Fsp3) is 0.250. The Hall–Kier alpha value is -1.96. The van der Waals surface area contributed by atoms with Gasteiger partial charge >= 0.3 is 0 Å². The van der Waals surface area contributed by atoms with E-state index in [4.69, 9.17) is 0 Å². The van der Waals surface area contributed by atoms with Crippen LogP contribution < -0.4 is 15.5 Å². The molecule has 0 fully saturated rings. The van der Waals surface area contributed by atoms with E-state index in [0.717, 1.165) is 0 Å². The van der Waals surface area contributed by atoms with Crippen molar-refractivity contribution in [3.63, 3.8) is 0 Å². The number of anilines is 4. The Balaban J connectivity index is 2.34. The molecule has 0 bridgehead atoms. The second kappa shape index (κ2) is 6.00. The van der Waals surface area contributed by atoms with Crippen LogP contribution in [0.2, 0.25) is 0 Å². The summed E-state index contributed by atoms with van der Waals surface area (Å²) in [5.41, 5.74) is 0.297. The third-order valence-corrected chi connectivity index (χ3v) is 2.92. The summed E-state index contributed by atoms with van der Waals surface area (Å²) in [4.78, 5) is 14.3. The van der Waals surface area contributed by atoms with Crippen LogP contribution in [-0.4, -0.2) is 36.1 Å². The van der Waals surface area contributed by atoms with Crippen LogP contribution in [0.4, 0.5) is 27.9 Å². The first-order valence-electron chi connectivity index (χ1n) is 5.83. The lowest BCUT2D eigenvalue weighted by Gasteiger charge is -2.13. The van der Waals surface area contributed by atoms with E-state index in [-0.39, 0.29) is 5.95 Å². The van der Waals surface area contributed by atoms with E-state index in [1.807, 2.05) is 14.1 Å². The van der Waals surface area contributed by atoms with Gasteiger partial charge in [-0.05, 0) is 18.2 Å². The van der Waals surface area contributed by atoms with Crippen molar-refractivity contribution < 1.29 is 4.39 Å². The van der Waals surface area contributed by atoms with Crippen molar-refractivity contribution in [3.05, 3.63) is 28.5 Å². The molecule has 6 nitrogen and oxygen atoms in total. The number of hydrogen-bond donors (Lipinski definition) is 2. The van der Waals surface area contributed by atoms with Crippen LogP contribution in [0.15, 0.2) is 22.7 Å². The fourth-order valence-electron chi connectivity index (χ4n) is 1.44. The molecule has 0 amide bonds. The summed E-state index contributed by atoms with van der Waals surface area (Å²) in [6.45, 7) is 0. The van der Waals surface area contributed by atoms with Gasteiger partial charge in [-0.15, -0.1) is 0 Å². The minimum Gasteiger partial charge on any atom is -0.357 e. The van der Waals surface area contributed by atoms with Crippen LogP contribution in [0.1, 0.15) is 0 Å². The van der Waals surface area contributed by atoms with Crippen molar-refractivity contribution in [2.24, 2.45) is 0 Å². The van der Waals surface area contributed by atoms with Crippen LogP contribution in [0.5, 0.6) is 0 Å². The SMILES string of the molecule is CNc1nc(Nc2ccc(Br)cc2F)nc(N(C)C)n1. The second-order valence-electron chi connectivity index (χ2n) is 4.18. The molecule has 106 valence electrons. The molecule has 1 aromatic carbocycles. The highest BCUT2D eigenvalue weighted by Gasteiger charge is 2.09. The summed E-state index contributed by atoms with van der Waals surface area (Å²) in [7, 11) is 5.34. The first-order valence-corrected chi connectivity index (χ1v) is 6.62. The fourth-order valence-corrected chi connectivity index (χ4v) is 1.78. The predicted molar refractivity (Wildman–Crippen MR) is 81.1 cm³/mol. The number of benzene rings is 1. The van der Waals surface area contributed by atoms with E-state index in [1.165, 1.54) is 6.07 Å². The monoisotopic (exact) mass is 340 g/mol. The molecule has 2 rings (SSSR count). The Morgan fingerprint density at radius 2 is 1.85 bits per heavy atom. The van der Waals surface area contributed by atoms with Gasteiger partial charge in [0.2, 0.25) is 17.8 Å². The largest absolute Gasteiger partial charge is 0.357 e. The number of nitrogens with one attached hydrogen (secondary N) is 2. The van der Waals surface area contributed by atoms with Crippen molar-refractivity contribution in [1.29, 1.82) is 0 Å². The van der Waals surface area contributed by atoms with Gasteiger partial charge < -0.3 is 15.5 Å². The van der Waals surface area contributed by atoms with Crippen LogP contribution in [0, 0.1) is 5.82 Å². The van der Waals surface area contributed by atoms with Crippen LogP contribution in [0.3, 0.4) is 0 Å². The van der Waals surface area contributed by atoms with Crippen molar-refractivity contribution in [1.82, 2.24) is 15.0 Å². The first kappa shape index (κ1) is 14.4. The second-order valence-corrected chi connectivity index (χ2v) is 5.09.